The number of nitrogens with one attached hydrogen (secondary N) is 1. The average molecular weight is 226 g/mol. The third-order valence-corrected chi connectivity index (χ3v) is 4.86. The molecule has 1 heterocycles. The quantitative estimate of drug-likeness (QED) is 0.743. The summed E-state index contributed by atoms with van der Waals surface area (Å²) in [5, 5.41) is 4.83. The second-order valence-corrected chi connectivity index (χ2v) is 6.65. The van der Waals surface area contributed by atoms with E-state index in [1.807, 2.05) is 11.8 Å². The largest absolute Gasteiger partial charge is 0.362 e. The highest BCUT2D eigenvalue weighted by molar-refractivity contribution is 8.13. The molecule has 0 radical (unpaired) electrons. The minimum absolute atomic E-state index is 0.451. The van der Waals surface area contributed by atoms with Crippen molar-refractivity contribution in [3.05, 3.63) is 0 Å². The normalized spacial score (nSPS) is 35.0. The van der Waals surface area contributed by atoms with Crippen molar-refractivity contribution in [3.8, 4) is 0 Å². The monoisotopic (exact) mass is 226 g/mol. The lowest BCUT2D eigenvalue weighted by Gasteiger charge is -2.30. The molecule has 2 unspecified atom stereocenters. The SMILES string of the molecule is CC1CN=C(NC2CCCC2(C)C)SC1. The zero-order valence-corrected chi connectivity index (χ0v) is 10.9. The fourth-order valence-electron chi connectivity index (χ4n) is 2.39. The Hall–Kier alpha value is -0.180. The smallest absolute Gasteiger partial charge is 0.156 e. The Kier molecular flexibility index (Phi) is 3.29. The minimum Gasteiger partial charge on any atom is -0.362 e. The van der Waals surface area contributed by atoms with Gasteiger partial charge in [0.2, 0.25) is 0 Å². The van der Waals surface area contributed by atoms with Gasteiger partial charge in [-0.25, -0.2) is 0 Å². The molecule has 2 aliphatic rings. The van der Waals surface area contributed by atoms with E-state index >= 15 is 0 Å². The van der Waals surface area contributed by atoms with E-state index in [0.717, 1.165) is 12.5 Å². The third-order valence-electron chi connectivity index (χ3n) is 3.61. The van der Waals surface area contributed by atoms with Crippen molar-refractivity contribution in [2.75, 3.05) is 12.3 Å². The molecule has 0 amide bonds. The lowest BCUT2D eigenvalue weighted by molar-refractivity contribution is 0.312. The first kappa shape index (κ1) is 11.3. The molecule has 1 saturated carbocycles. The second-order valence-electron chi connectivity index (χ2n) is 5.64. The first-order chi connectivity index (χ1) is 7.08. The lowest BCUT2D eigenvalue weighted by atomic mass is 9.87. The molecule has 2 atom stereocenters. The molecule has 0 spiro atoms. The van der Waals surface area contributed by atoms with Crippen LogP contribution in [0.2, 0.25) is 0 Å². The van der Waals surface area contributed by atoms with E-state index in [4.69, 9.17) is 0 Å². The highest BCUT2D eigenvalue weighted by Crippen LogP contribution is 2.37. The van der Waals surface area contributed by atoms with Crippen LogP contribution in [0.3, 0.4) is 0 Å². The second kappa shape index (κ2) is 4.36. The van der Waals surface area contributed by atoms with Crippen LogP contribution < -0.4 is 5.32 Å². The zero-order chi connectivity index (χ0) is 10.9. The summed E-state index contributed by atoms with van der Waals surface area (Å²) in [7, 11) is 0. The van der Waals surface area contributed by atoms with Crippen LogP contribution in [0.25, 0.3) is 0 Å². The number of hydrogen-bond acceptors (Lipinski definition) is 3. The van der Waals surface area contributed by atoms with Gasteiger partial charge in [0, 0.05) is 18.3 Å². The molecule has 1 N–H and O–H groups in total. The molecule has 2 rings (SSSR count). The number of rotatable bonds is 1. The van der Waals surface area contributed by atoms with E-state index < -0.39 is 0 Å². The predicted molar refractivity (Wildman–Crippen MR) is 68.5 cm³/mol. The van der Waals surface area contributed by atoms with Crippen LogP contribution in [-0.2, 0) is 0 Å². The van der Waals surface area contributed by atoms with Gasteiger partial charge in [-0.3, -0.25) is 4.99 Å². The van der Waals surface area contributed by atoms with Gasteiger partial charge in [-0.2, -0.15) is 0 Å². The van der Waals surface area contributed by atoms with Crippen molar-refractivity contribution >= 4 is 16.9 Å². The van der Waals surface area contributed by atoms with E-state index in [-0.39, 0.29) is 0 Å². The Morgan fingerprint density at radius 1 is 1.47 bits per heavy atom. The summed E-state index contributed by atoms with van der Waals surface area (Å²) in [6.07, 6.45) is 4.01. The number of hydrogen-bond donors (Lipinski definition) is 1. The maximum atomic E-state index is 4.61. The van der Waals surface area contributed by atoms with Crippen molar-refractivity contribution in [1.82, 2.24) is 5.32 Å². The van der Waals surface area contributed by atoms with Crippen molar-refractivity contribution < 1.29 is 0 Å². The van der Waals surface area contributed by atoms with Crippen molar-refractivity contribution in [1.29, 1.82) is 0 Å². The molecule has 1 aliphatic carbocycles. The standard InChI is InChI=1S/C12H22N2S/c1-9-7-13-11(15-8-9)14-10-5-4-6-12(10,2)3/h9-10H,4-8H2,1-3H3,(H,13,14). The van der Waals surface area contributed by atoms with Gasteiger partial charge in [0.25, 0.3) is 0 Å². The maximum Gasteiger partial charge on any atom is 0.156 e. The van der Waals surface area contributed by atoms with Gasteiger partial charge in [-0.05, 0) is 24.2 Å². The van der Waals surface area contributed by atoms with Crippen LogP contribution in [0.15, 0.2) is 4.99 Å². The molecule has 0 aromatic rings. The van der Waals surface area contributed by atoms with Crippen molar-refractivity contribution in [3.63, 3.8) is 0 Å². The van der Waals surface area contributed by atoms with Gasteiger partial charge in [-0.15, -0.1) is 0 Å². The summed E-state index contributed by atoms with van der Waals surface area (Å²) in [4.78, 5) is 4.61. The van der Waals surface area contributed by atoms with Crippen LogP contribution in [0.1, 0.15) is 40.0 Å². The van der Waals surface area contributed by atoms with E-state index in [9.17, 15) is 0 Å². The molecular weight excluding hydrogens is 204 g/mol. The van der Waals surface area contributed by atoms with E-state index in [0.29, 0.717) is 11.5 Å². The molecule has 15 heavy (non-hydrogen) atoms. The molecule has 0 saturated heterocycles. The number of aliphatic imine (C=N–C) groups is 1. The van der Waals surface area contributed by atoms with Gasteiger partial charge >= 0.3 is 0 Å². The molecule has 0 aromatic carbocycles. The average Bonchev–Trinajstić information content (AvgIpc) is 2.50. The summed E-state index contributed by atoms with van der Waals surface area (Å²) in [6.45, 7) is 8.01. The molecule has 1 aliphatic heterocycles. The summed E-state index contributed by atoms with van der Waals surface area (Å²) >= 11 is 1.90. The molecule has 1 fully saturated rings. The summed E-state index contributed by atoms with van der Waals surface area (Å²) in [6, 6.07) is 0.636. The summed E-state index contributed by atoms with van der Waals surface area (Å²) in [5.41, 5.74) is 0.451. The van der Waals surface area contributed by atoms with E-state index in [1.54, 1.807) is 0 Å². The Balaban J connectivity index is 1.92. The highest BCUT2D eigenvalue weighted by Gasteiger charge is 2.35. The zero-order valence-electron chi connectivity index (χ0n) is 10.0. The van der Waals surface area contributed by atoms with Gasteiger partial charge < -0.3 is 5.32 Å². The molecule has 0 bridgehead atoms. The van der Waals surface area contributed by atoms with Crippen molar-refractivity contribution in [2.45, 2.75) is 46.1 Å². The minimum atomic E-state index is 0.451. The predicted octanol–water partition coefficient (Wildman–Crippen LogP) is 2.89. The first-order valence-electron chi connectivity index (χ1n) is 6.02. The summed E-state index contributed by atoms with van der Waals surface area (Å²) in [5.74, 6) is 1.97. The molecular formula is C12H22N2S. The van der Waals surface area contributed by atoms with Gasteiger partial charge in [0.15, 0.2) is 5.17 Å². The van der Waals surface area contributed by atoms with Gasteiger partial charge in [0.05, 0.1) is 0 Å². The fraction of sp³-hybridized carbons (Fsp3) is 0.917. The van der Waals surface area contributed by atoms with Crippen LogP contribution >= 0.6 is 11.8 Å². The topological polar surface area (TPSA) is 24.4 Å². The number of amidine groups is 1. The number of thioether (sulfide) groups is 1. The highest BCUT2D eigenvalue weighted by atomic mass is 32.2. The fourth-order valence-corrected chi connectivity index (χ4v) is 3.33. The Bertz CT molecular complexity index is 260. The van der Waals surface area contributed by atoms with E-state index in [2.05, 4.69) is 31.1 Å². The Morgan fingerprint density at radius 3 is 2.80 bits per heavy atom. The Morgan fingerprint density at radius 2 is 2.27 bits per heavy atom. The van der Waals surface area contributed by atoms with Gasteiger partial charge in [-0.1, -0.05) is 39.0 Å². The van der Waals surface area contributed by atoms with Crippen LogP contribution in [0, 0.1) is 11.3 Å². The summed E-state index contributed by atoms with van der Waals surface area (Å²) < 4.78 is 0. The lowest BCUT2D eigenvalue weighted by Crippen LogP contribution is -2.41. The Labute approximate surface area is 97.3 Å². The number of nitrogens with zero attached hydrogens (tertiary/aromatic N) is 1. The molecule has 2 nitrogen and oxygen atoms in total. The molecule has 86 valence electrons. The maximum absolute atomic E-state index is 4.61. The third kappa shape index (κ3) is 2.68. The first-order valence-corrected chi connectivity index (χ1v) is 7.00. The molecule has 3 heteroatoms. The van der Waals surface area contributed by atoms with Crippen LogP contribution in [0.5, 0.6) is 0 Å². The van der Waals surface area contributed by atoms with Crippen molar-refractivity contribution in [2.24, 2.45) is 16.3 Å². The van der Waals surface area contributed by atoms with Crippen LogP contribution in [-0.4, -0.2) is 23.5 Å². The van der Waals surface area contributed by atoms with Crippen LogP contribution in [0.4, 0.5) is 0 Å². The molecule has 0 aromatic heterocycles. The van der Waals surface area contributed by atoms with E-state index in [1.165, 1.54) is 30.2 Å². The van der Waals surface area contributed by atoms with Gasteiger partial charge in [0.1, 0.15) is 0 Å².